The van der Waals surface area contributed by atoms with Gasteiger partial charge in [-0.1, -0.05) is 5.16 Å². The van der Waals surface area contributed by atoms with Gasteiger partial charge in [0.05, 0.1) is 17.8 Å². The van der Waals surface area contributed by atoms with Crippen molar-refractivity contribution in [3.05, 3.63) is 24.3 Å². The van der Waals surface area contributed by atoms with Crippen molar-refractivity contribution < 1.29 is 4.84 Å². The van der Waals surface area contributed by atoms with Crippen molar-refractivity contribution in [2.24, 2.45) is 17.0 Å². The summed E-state index contributed by atoms with van der Waals surface area (Å²) in [6.07, 6.45) is 10.6. The zero-order valence-electron chi connectivity index (χ0n) is 16.1. The van der Waals surface area contributed by atoms with Crippen LogP contribution in [0.25, 0.3) is 22.1 Å². The summed E-state index contributed by atoms with van der Waals surface area (Å²) in [5.41, 5.74) is 2.87. The van der Waals surface area contributed by atoms with E-state index in [1.54, 1.807) is 0 Å². The summed E-state index contributed by atoms with van der Waals surface area (Å²) >= 11 is 0. The van der Waals surface area contributed by atoms with E-state index in [1.807, 2.05) is 12.4 Å². The van der Waals surface area contributed by atoms with E-state index in [-0.39, 0.29) is 6.23 Å². The van der Waals surface area contributed by atoms with E-state index < -0.39 is 0 Å². The number of nitriles is 1. The van der Waals surface area contributed by atoms with Crippen molar-refractivity contribution in [3.63, 3.8) is 0 Å². The molecule has 1 unspecified atom stereocenters. The number of fused-ring (bicyclic) bond motifs is 3. The van der Waals surface area contributed by atoms with Crippen molar-refractivity contribution in [3.8, 4) is 6.07 Å². The number of imidazole rings is 1. The Kier molecular flexibility index (Phi) is 3.76. The highest BCUT2D eigenvalue weighted by atomic mass is 16.7. The van der Waals surface area contributed by atoms with Crippen LogP contribution in [0.1, 0.15) is 63.0 Å². The molecule has 6 rings (SSSR count). The SMILES string of the molecule is N#CC[C@H]1CC[C@H](n2c(C3NC(C4CC4)=NO3)nc3cnc4[nH]ccc4c32)CC1. The zero-order chi connectivity index (χ0) is 19.4. The first-order chi connectivity index (χ1) is 14.3. The molecule has 8 nitrogen and oxygen atoms in total. The van der Waals surface area contributed by atoms with Gasteiger partial charge in [0.25, 0.3) is 6.23 Å². The van der Waals surface area contributed by atoms with Crippen LogP contribution in [0.4, 0.5) is 0 Å². The van der Waals surface area contributed by atoms with Crippen LogP contribution in [0.2, 0.25) is 0 Å². The number of hydrogen-bond donors (Lipinski definition) is 2. The van der Waals surface area contributed by atoms with Crippen LogP contribution in [0.15, 0.2) is 23.6 Å². The van der Waals surface area contributed by atoms with Gasteiger partial charge in [0, 0.05) is 30.0 Å². The summed E-state index contributed by atoms with van der Waals surface area (Å²) in [5, 5.41) is 17.9. The Morgan fingerprint density at radius 2 is 2.07 bits per heavy atom. The first-order valence-corrected chi connectivity index (χ1v) is 10.5. The molecule has 2 fully saturated rings. The van der Waals surface area contributed by atoms with E-state index in [1.165, 1.54) is 12.8 Å². The highest BCUT2D eigenvalue weighted by Crippen LogP contribution is 2.40. The molecule has 3 aliphatic rings. The van der Waals surface area contributed by atoms with Crippen LogP contribution >= 0.6 is 0 Å². The van der Waals surface area contributed by atoms with Crippen LogP contribution in [-0.4, -0.2) is 25.4 Å². The molecular formula is C21H23N7O. The molecule has 3 aromatic rings. The molecule has 3 aromatic heterocycles. The topological polar surface area (TPSA) is 104 Å². The fourth-order valence-electron chi connectivity index (χ4n) is 4.86. The number of nitrogens with zero attached hydrogens (tertiary/aromatic N) is 5. The third kappa shape index (κ3) is 2.76. The minimum Gasteiger partial charge on any atom is -0.361 e. The molecule has 0 aromatic carbocycles. The number of H-pyrrole nitrogens is 1. The standard InChI is InChI=1S/C21H23N7O/c22-9-7-12-1-5-14(6-2-12)28-17-15-8-10-23-19(15)24-11-16(17)25-20(28)21-26-18(27-29-21)13-3-4-13/h8,10-14,21H,1-7H2,(H,23,24)(H,26,27)/t12-,14-,21?. The summed E-state index contributed by atoms with van der Waals surface area (Å²) in [6, 6.07) is 4.74. The Balaban J connectivity index is 1.42. The van der Waals surface area contributed by atoms with Crippen LogP contribution in [0.5, 0.6) is 0 Å². The first-order valence-electron chi connectivity index (χ1n) is 10.5. The normalized spacial score (nSPS) is 26.9. The molecule has 2 N–H and O–H groups in total. The van der Waals surface area contributed by atoms with Gasteiger partial charge in [0.1, 0.15) is 17.0 Å². The van der Waals surface area contributed by atoms with E-state index in [9.17, 15) is 0 Å². The second-order valence-corrected chi connectivity index (χ2v) is 8.49. The molecule has 1 atom stereocenters. The predicted molar refractivity (Wildman–Crippen MR) is 108 cm³/mol. The summed E-state index contributed by atoms with van der Waals surface area (Å²) < 4.78 is 2.36. The summed E-state index contributed by atoms with van der Waals surface area (Å²) in [4.78, 5) is 18.5. The van der Waals surface area contributed by atoms with Gasteiger partial charge in [0.15, 0.2) is 5.82 Å². The van der Waals surface area contributed by atoms with Crippen LogP contribution < -0.4 is 5.32 Å². The fraction of sp³-hybridized carbons (Fsp3) is 0.524. The van der Waals surface area contributed by atoms with Crippen LogP contribution in [0, 0.1) is 23.2 Å². The van der Waals surface area contributed by atoms with Crippen molar-refractivity contribution in [1.82, 2.24) is 24.8 Å². The van der Waals surface area contributed by atoms with E-state index in [2.05, 4.69) is 37.1 Å². The van der Waals surface area contributed by atoms with E-state index in [4.69, 9.17) is 15.1 Å². The van der Waals surface area contributed by atoms with E-state index >= 15 is 0 Å². The average Bonchev–Trinajstić information content (AvgIpc) is 3.16. The molecule has 0 spiro atoms. The lowest BCUT2D eigenvalue weighted by Gasteiger charge is -2.30. The van der Waals surface area contributed by atoms with E-state index in [0.29, 0.717) is 24.3 Å². The van der Waals surface area contributed by atoms with Gasteiger partial charge >= 0.3 is 0 Å². The van der Waals surface area contributed by atoms with Gasteiger partial charge in [-0.25, -0.2) is 9.97 Å². The predicted octanol–water partition coefficient (Wildman–Crippen LogP) is 3.90. The third-order valence-electron chi connectivity index (χ3n) is 6.56. The molecule has 2 saturated carbocycles. The number of aromatic nitrogens is 4. The first kappa shape index (κ1) is 16.8. The Morgan fingerprint density at radius 3 is 2.86 bits per heavy atom. The number of oxime groups is 1. The van der Waals surface area contributed by atoms with Gasteiger partial charge in [0.2, 0.25) is 0 Å². The Morgan fingerprint density at radius 1 is 1.21 bits per heavy atom. The maximum absolute atomic E-state index is 9.05. The lowest BCUT2D eigenvalue weighted by molar-refractivity contribution is 0.0615. The maximum Gasteiger partial charge on any atom is 0.257 e. The quantitative estimate of drug-likeness (QED) is 0.704. The van der Waals surface area contributed by atoms with Crippen molar-refractivity contribution in [2.45, 2.75) is 57.2 Å². The molecule has 0 bridgehead atoms. The van der Waals surface area contributed by atoms with Crippen molar-refractivity contribution in [2.75, 3.05) is 0 Å². The maximum atomic E-state index is 9.05. The summed E-state index contributed by atoms with van der Waals surface area (Å²) in [7, 11) is 0. The Bertz CT molecular complexity index is 1140. The summed E-state index contributed by atoms with van der Waals surface area (Å²) in [6.45, 7) is 0. The van der Waals surface area contributed by atoms with Gasteiger partial charge in [-0.15, -0.1) is 0 Å². The number of aromatic amines is 1. The minimum atomic E-state index is -0.358. The van der Waals surface area contributed by atoms with Crippen LogP contribution in [0.3, 0.4) is 0 Å². The molecule has 0 saturated heterocycles. The van der Waals surface area contributed by atoms with Gasteiger partial charge in [-0.2, -0.15) is 5.26 Å². The fourth-order valence-corrected chi connectivity index (χ4v) is 4.86. The second-order valence-electron chi connectivity index (χ2n) is 8.49. The minimum absolute atomic E-state index is 0.334. The molecule has 8 heteroatoms. The lowest BCUT2D eigenvalue weighted by Crippen LogP contribution is -2.28. The highest BCUT2D eigenvalue weighted by molar-refractivity contribution is 6.01. The molecule has 29 heavy (non-hydrogen) atoms. The van der Waals surface area contributed by atoms with Gasteiger partial charge < -0.3 is 19.7 Å². The number of amidine groups is 1. The monoisotopic (exact) mass is 389 g/mol. The van der Waals surface area contributed by atoms with Crippen LogP contribution in [-0.2, 0) is 4.84 Å². The number of nitrogens with one attached hydrogen (secondary N) is 2. The molecule has 0 radical (unpaired) electrons. The number of hydrogen-bond acceptors (Lipinski definition) is 6. The third-order valence-corrected chi connectivity index (χ3v) is 6.56. The molecule has 4 heterocycles. The number of pyridine rings is 1. The van der Waals surface area contributed by atoms with Gasteiger partial charge in [-0.05, 0) is 50.5 Å². The molecule has 0 amide bonds. The molecule has 2 aliphatic carbocycles. The molecular weight excluding hydrogens is 366 g/mol. The highest BCUT2D eigenvalue weighted by Gasteiger charge is 2.37. The van der Waals surface area contributed by atoms with Crippen molar-refractivity contribution >= 4 is 27.9 Å². The zero-order valence-corrected chi connectivity index (χ0v) is 16.1. The second kappa shape index (κ2) is 6.48. The smallest absolute Gasteiger partial charge is 0.257 e. The lowest BCUT2D eigenvalue weighted by atomic mass is 9.84. The molecule has 148 valence electrons. The largest absolute Gasteiger partial charge is 0.361 e. The van der Waals surface area contributed by atoms with E-state index in [0.717, 1.165) is 59.4 Å². The van der Waals surface area contributed by atoms with Crippen molar-refractivity contribution in [1.29, 1.82) is 5.26 Å². The molecule has 1 aliphatic heterocycles. The number of rotatable bonds is 4. The Hall–Kier alpha value is -3.08. The summed E-state index contributed by atoms with van der Waals surface area (Å²) in [5.74, 6) is 2.85. The Labute approximate surface area is 167 Å². The average molecular weight is 389 g/mol. The van der Waals surface area contributed by atoms with Gasteiger partial charge in [-0.3, -0.25) is 0 Å².